The summed E-state index contributed by atoms with van der Waals surface area (Å²) in [6.07, 6.45) is 0. The van der Waals surface area contributed by atoms with Gasteiger partial charge in [-0.25, -0.2) is 0 Å². The fraction of sp³-hybridized carbons (Fsp3) is 0.125. The molecule has 0 atom stereocenters. The van der Waals surface area contributed by atoms with Gasteiger partial charge in [0, 0.05) is 18.0 Å². The molecule has 144 valence electrons. The van der Waals surface area contributed by atoms with Gasteiger partial charge in [-0.15, -0.1) is 5.11 Å². The third kappa shape index (κ3) is 3.43. The molecule has 0 saturated carbocycles. The number of methoxy groups -OCH3 is 1. The van der Waals surface area contributed by atoms with Crippen molar-refractivity contribution < 1.29 is 9.53 Å². The molecule has 0 unspecified atom stereocenters. The molecule has 29 heavy (non-hydrogen) atoms. The van der Waals surface area contributed by atoms with Crippen LogP contribution < -0.4 is 4.74 Å². The highest BCUT2D eigenvalue weighted by atomic mass is 16.5. The Labute approximate surface area is 169 Å². The second-order valence-corrected chi connectivity index (χ2v) is 6.84. The second-order valence-electron chi connectivity index (χ2n) is 6.84. The molecule has 0 amide bonds. The number of rotatable bonds is 5. The van der Waals surface area contributed by atoms with E-state index in [0.717, 1.165) is 22.2 Å². The number of benzene rings is 3. The number of hydrogen-bond acceptors (Lipinski definition) is 4. The first kappa shape index (κ1) is 18.6. The van der Waals surface area contributed by atoms with Gasteiger partial charge in [-0.2, -0.15) is 5.11 Å². The molecule has 4 rings (SSSR count). The van der Waals surface area contributed by atoms with Crippen LogP contribution in [0.2, 0.25) is 0 Å². The summed E-state index contributed by atoms with van der Waals surface area (Å²) in [4.78, 5) is 13.3. The Balaban J connectivity index is 1.93. The van der Waals surface area contributed by atoms with Crippen molar-refractivity contribution in [3.8, 4) is 5.75 Å². The van der Waals surface area contributed by atoms with E-state index < -0.39 is 0 Å². The van der Waals surface area contributed by atoms with Gasteiger partial charge in [0.25, 0.3) is 0 Å². The Morgan fingerprint density at radius 1 is 0.897 bits per heavy atom. The first-order valence-electron chi connectivity index (χ1n) is 9.33. The molecule has 1 aromatic heterocycles. The summed E-state index contributed by atoms with van der Waals surface area (Å²) < 4.78 is 7.37. The number of ether oxygens (including phenoxy) is 1. The van der Waals surface area contributed by atoms with Crippen LogP contribution in [0.1, 0.15) is 21.6 Å². The average Bonchev–Trinajstić information content (AvgIpc) is 3.05. The zero-order chi connectivity index (χ0) is 20.4. The molecule has 3 aromatic carbocycles. The molecular formula is C24H21N3O2. The molecule has 0 spiro atoms. The third-order valence-electron chi connectivity index (χ3n) is 4.92. The van der Waals surface area contributed by atoms with Gasteiger partial charge >= 0.3 is 0 Å². The summed E-state index contributed by atoms with van der Waals surface area (Å²) in [5, 5.41) is 9.72. The summed E-state index contributed by atoms with van der Waals surface area (Å²) in [5.74, 6) is 0.577. The van der Waals surface area contributed by atoms with Crippen molar-refractivity contribution >= 4 is 28.1 Å². The van der Waals surface area contributed by atoms with Crippen molar-refractivity contribution in [1.82, 2.24) is 4.57 Å². The van der Waals surface area contributed by atoms with Crippen LogP contribution in [0.4, 0.5) is 11.4 Å². The molecule has 0 N–H and O–H groups in total. The first-order chi connectivity index (χ1) is 14.1. The molecule has 5 heteroatoms. The minimum Gasteiger partial charge on any atom is -0.495 e. The van der Waals surface area contributed by atoms with Crippen LogP contribution in [-0.2, 0) is 7.05 Å². The fourth-order valence-corrected chi connectivity index (χ4v) is 3.43. The molecule has 0 fully saturated rings. The standard InChI is InChI=1S/C24H21N3O2/c1-16-12-14-18(15-13-16)25-26-21-19-10-7-11-20(29-3)22(19)27(2)23(21)24(28)17-8-5-4-6-9-17/h4-15H,1-3H3/b26-25+. The molecule has 4 aromatic rings. The molecule has 0 aliphatic rings. The summed E-state index contributed by atoms with van der Waals surface area (Å²) in [6, 6.07) is 22.7. The zero-order valence-corrected chi connectivity index (χ0v) is 16.6. The minimum atomic E-state index is -0.107. The van der Waals surface area contributed by atoms with Crippen LogP contribution in [0, 0.1) is 6.92 Å². The second kappa shape index (κ2) is 7.72. The number of nitrogens with zero attached hydrogens (tertiary/aromatic N) is 3. The molecule has 0 aliphatic carbocycles. The maximum atomic E-state index is 13.3. The molecule has 1 heterocycles. The normalized spacial score (nSPS) is 11.3. The Hall–Kier alpha value is -3.73. The number of carbonyl (C=O) groups excluding carboxylic acids is 1. The third-order valence-corrected chi connectivity index (χ3v) is 4.92. The van der Waals surface area contributed by atoms with Crippen LogP contribution in [0.3, 0.4) is 0 Å². The average molecular weight is 383 g/mol. The maximum absolute atomic E-state index is 13.3. The lowest BCUT2D eigenvalue weighted by Gasteiger charge is -2.06. The zero-order valence-electron chi connectivity index (χ0n) is 16.6. The van der Waals surface area contributed by atoms with E-state index in [2.05, 4.69) is 10.2 Å². The van der Waals surface area contributed by atoms with Crippen molar-refractivity contribution in [3.05, 3.63) is 89.6 Å². The van der Waals surface area contributed by atoms with Gasteiger partial charge in [-0.3, -0.25) is 4.79 Å². The van der Waals surface area contributed by atoms with Gasteiger partial charge in [0.1, 0.15) is 17.1 Å². The van der Waals surface area contributed by atoms with Gasteiger partial charge in [0.05, 0.1) is 18.3 Å². The Morgan fingerprint density at radius 3 is 2.31 bits per heavy atom. The lowest BCUT2D eigenvalue weighted by molar-refractivity contribution is 0.103. The van der Waals surface area contributed by atoms with E-state index in [0.29, 0.717) is 22.7 Å². The number of para-hydroxylation sites is 1. The smallest absolute Gasteiger partial charge is 0.211 e. The molecular weight excluding hydrogens is 362 g/mol. The molecule has 0 saturated heterocycles. The van der Waals surface area contributed by atoms with E-state index in [1.807, 2.05) is 79.2 Å². The quantitative estimate of drug-likeness (QED) is 0.307. The Morgan fingerprint density at radius 2 is 1.62 bits per heavy atom. The number of azo groups is 1. The van der Waals surface area contributed by atoms with Gasteiger partial charge in [0.2, 0.25) is 5.78 Å². The lowest BCUT2D eigenvalue weighted by Crippen LogP contribution is -2.07. The lowest BCUT2D eigenvalue weighted by atomic mass is 10.1. The highest BCUT2D eigenvalue weighted by Crippen LogP contribution is 2.39. The van der Waals surface area contributed by atoms with Crippen LogP contribution in [0.15, 0.2) is 83.0 Å². The summed E-state index contributed by atoms with van der Waals surface area (Å²) in [5.41, 5.74) is 4.31. The number of carbonyl (C=O) groups is 1. The predicted octanol–water partition coefficient (Wildman–Crippen LogP) is 6.14. The van der Waals surface area contributed by atoms with Crippen molar-refractivity contribution in [2.45, 2.75) is 6.92 Å². The summed E-state index contributed by atoms with van der Waals surface area (Å²) in [6.45, 7) is 2.02. The van der Waals surface area contributed by atoms with Crippen LogP contribution in [0.5, 0.6) is 5.75 Å². The topological polar surface area (TPSA) is 56.0 Å². The highest BCUT2D eigenvalue weighted by Gasteiger charge is 2.24. The van der Waals surface area contributed by atoms with E-state index in [9.17, 15) is 4.79 Å². The highest BCUT2D eigenvalue weighted by molar-refractivity contribution is 6.16. The number of ketones is 1. The van der Waals surface area contributed by atoms with Crippen LogP contribution in [0.25, 0.3) is 10.9 Å². The predicted molar refractivity (Wildman–Crippen MR) is 115 cm³/mol. The fourth-order valence-electron chi connectivity index (χ4n) is 3.43. The van der Waals surface area contributed by atoms with E-state index in [1.54, 1.807) is 19.2 Å². The maximum Gasteiger partial charge on any atom is 0.211 e. The number of aromatic nitrogens is 1. The molecule has 0 bridgehead atoms. The van der Waals surface area contributed by atoms with Crippen molar-refractivity contribution in [2.24, 2.45) is 17.3 Å². The van der Waals surface area contributed by atoms with E-state index in [1.165, 1.54) is 0 Å². The van der Waals surface area contributed by atoms with Crippen molar-refractivity contribution in [2.75, 3.05) is 7.11 Å². The van der Waals surface area contributed by atoms with Crippen molar-refractivity contribution in [3.63, 3.8) is 0 Å². The minimum absolute atomic E-state index is 0.107. The number of aryl methyl sites for hydroxylation is 2. The summed E-state index contributed by atoms with van der Waals surface area (Å²) >= 11 is 0. The van der Waals surface area contributed by atoms with Crippen LogP contribution in [-0.4, -0.2) is 17.5 Å². The summed E-state index contributed by atoms with van der Waals surface area (Å²) in [7, 11) is 3.47. The van der Waals surface area contributed by atoms with Gasteiger partial charge < -0.3 is 9.30 Å². The SMILES string of the molecule is COc1cccc2c(/N=N/c3ccc(C)cc3)c(C(=O)c3ccccc3)n(C)c12. The van der Waals surface area contributed by atoms with Gasteiger partial charge in [-0.05, 0) is 25.1 Å². The molecule has 0 radical (unpaired) electrons. The largest absolute Gasteiger partial charge is 0.495 e. The Kier molecular flexibility index (Phi) is 4.96. The van der Waals surface area contributed by atoms with Crippen molar-refractivity contribution in [1.29, 1.82) is 0 Å². The number of hydrogen-bond donors (Lipinski definition) is 0. The van der Waals surface area contributed by atoms with Crippen LogP contribution >= 0.6 is 0 Å². The molecule has 0 aliphatic heterocycles. The number of fused-ring (bicyclic) bond motifs is 1. The monoisotopic (exact) mass is 383 g/mol. The van der Waals surface area contributed by atoms with E-state index in [4.69, 9.17) is 4.74 Å². The Bertz CT molecular complexity index is 1210. The van der Waals surface area contributed by atoms with Gasteiger partial charge in [-0.1, -0.05) is 60.2 Å². The first-order valence-corrected chi connectivity index (χ1v) is 9.33. The van der Waals surface area contributed by atoms with E-state index >= 15 is 0 Å². The van der Waals surface area contributed by atoms with E-state index in [-0.39, 0.29) is 5.78 Å². The molecule has 5 nitrogen and oxygen atoms in total. The van der Waals surface area contributed by atoms with Gasteiger partial charge in [0.15, 0.2) is 0 Å².